The highest BCUT2D eigenvalue weighted by Gasteiger charge is 2.23. The van der Waals surface area contributed by atoms with Gasteiger partial charge in [0.05, 0.1) is 11.7 Å². The van der Waals surface area contributed by atoms with E-state index in [0.717, 1.165) is 12.4 Å². The number of aromatic nitrogens is 2. The molecule has 1 saturated heterocycles. The molecule has 1 atom stereocenters. The first-order valence-electron chi connectivity index (χ1n) is 7.13. The first-order valence-corrected chi connectivity index (χ1v) is 7.13. The molecular weight excluding hydrogens is 248 g/mol. The zero-order valence-corrected chi connectivity index (χ0v) is 11.8. The van der Waals surface area contributed by atoms with Crippen molar-refractivity contribution in [2.75, 3.05) is 18.9 Å². The van der Waals surface area contributed by atoms with Crippen LogP contribution in [0.5, 0.6) is 0 Å². The van der Waals surface area contributed by atoms with Crippen molar-refractivity contribution in [1.82, 2.24) is 14.9 Å². The van der Waals surface area contributed by atoms with Crippen molar-refractivity contribution in [3.63, 3.8) is 0 Å². The molecule has 4 heteroatoms. The normalized spacial score (nSPS) is 19.1. The van der Waals surface area contributed by atoms with Crippen LogP contribution in [0.2, 0.25) is 0 Å². The van der Waals surface area contributed by atoms with E-state index in [1.165, 1.54) is 30.6 Å². The Bertz CT molecular complexity index is 555. The van der Waals surface area contributed by atoms with Gasteiger partial charge in [0.2, 0.25) is 0 Å². The Kier molecular flexibility index (Phi) is 3.92. The number of hydrogen-bond acceptors (Lipinski definition) is 4. The number of likely N-dealkylation sites (tertiary alicyclic amines) is 1. The van der Waals surface area contributed by atoms with E-state index in [2.05, 4.69) is 34.4 Å². The molecule has 1 N–H and O–H groups in total. The minimum Gasteiger partial charge on any atom is -0.366 e. The number of nitrogens with one attached hydrogen (secondary N) is 1. The predicted octanol–water partition coefficient (Wildman–Crippen LogP) is 2.86. The molecule has 0 radical (unpaired) electrons. The highest BCUT2D eigenvalue weighted by molar-refractivity contribution is 5.37. The lowest BCUT2D eigenvalue weighted by Crippen LogP contribution is -2.18. The number of anilines is 1. The molecule has 0 aliphatic carbocycles. The van der Waals surface area contributed by atoms with Gasteiger partial charge in [0.15, 0.2) is 0 Å². The Labute approximate surface area is 119 Å². The van der Waals surface area contributed by atoms with Gasteiger partial charge in [-0.2, -0.15) is 0 Å². The van der Waals surface area contributed by atoms with Gasteiger partial charge in [0.25, 0.3) is 0 Å². The van der Waals surface area contributed by atoms with Gasteiger partial charge in [-0.1, -0.05) is 6.07 Å². The highest BCUT2D eigenvalue weighted by Crippen LogP contribution is 2.29. The SMILES string of the molecule is CN1CCC[C@H]1c1cccc(NCc2ccncc2)n1. The minimum atomic E-state index is 0.470. The summed E-state index contributed by atoms with van der Waals surface area (Å²) in [5.74, 6) is 0.944. The Balaban J connectivity index is 1.68. The van der Waals surface area contributed by atoms with Gasteiger partial charge in [0, 0.05) is 18.9 Å². The predicted molar refractivity (Wildman–Crippen MR) is 80.4 cm³/mol. The van der Waals surface area contributed by atoms with Crippen LogP contribution >= 0.6 is 0 Å². The monoisotopic (exact) mass is 268 g/mol. The van der Waals surface area contributed by atoms with E-state index in [-0.39, 0.29) is 0 Å². The summed E-state index contributed by atoms with van der Waals surface area (Å²) in [4.78, 5) is 11.2. The maximum absolute atomic E-state index is 4.75. The van der Waals surface area contributed by atoms with Crippen molar-refractivity contribution < 1.29 is 0 Å². The molecule has 4 nitrogen and oxygen atoms in total. The zero-order valence-electron chi connectivity index (χ0n) is 11.8. The maximum Gasteiger partial charge on any atom is 0.126 e. The molecule has 2 aromatic rings. The molecule has 1 aliphatic rings. The van der Waals surface area contributed by atoms with Gasteiger partial charge >= 0.3 is 0 Å². The molecule has 1 aliphatic heterocycles. The topological polar surface area (TPSA) is 41.0 Å². The van der Waals surface area contributed by atoms with Crippen molar-refractivity contribution in [3.05, 3.63) is 54.0 Å². The molecule has 0 unspecified atom stereocenters. The molecule has 0 aromatic carbocycles. The summed E-state index contributed by atoms with van der Waals surface area (Å²) < 4.78 is 0. The van der Waals surface area contributed by atoms with Crippen LogP contribution in [-0.2, 0) is 6.54 Å². The van der Waals surface area contributed by atoms with E-state index in [4.69, 9.17) is 4.98 Å². The second-order valence-corrected chi connectivity index (χ2v) is 5.30. The quantitative estimate of drug-likeness (QED) is 0.925. The fourth-order valence-electron chi connectivity index (χ4n) is 2.71. The van der Waals surface area contributed by atoms with Crippen LogP contribution in [0.25, 0.3) is 0 Å². The average Bonchev–Trinajstić information content (AvgIpc) is 2.93. The molecule has 0 bridgehead atoms. The highest BCUT2D eigenvalue weighted by atomic mass is 15.2. The third-order valence-electron chi connectivity index (χ3n) is 3.86. The number of pyridine rings is 2. The summed E-state index contributed by atoms with van der Waals surface area (Å²) in [7, 11) is 2.18. The van der Waals surface area contributed by atoms with Crippen LogP contribution < -0.4 is 5.32 Å². The molecule has 0 saturated carbocycles. The van der Waals surface area contributed by atoms with Crippen molar-refractivity contribution >= 4 is 5.82 Å². The number of hydrogen-bond donors (Lipinski definition) is 1. The fraction of sp³-hybridized carbons (Fsp3) is 0.375. The summed E-state index contributed by atoms with van der Waals surface area (Å²) >= 11 is 0. The van der Waals surface area contributed by atoms with Crippen LogP contribution in [0.1, 0.15) is 30.1 Å². The summed E-state index contributed by atoms with van der Waals surface area (Å²) in [6.07, 6.45) is 6.09. The van der Waals surface area contributed by atoms with Gasteiger partial charge in [-0.25, -0.2) is 4.98 Å². The second-order valence-electron chi connectivity index (χ2n) is 5.30. The van der Waals surface area contributed by atoms with E-state index in [1.54, 1.807) is 0 Å². The first kappa shape index (κ1) is 13.1. The molecule has 0 amide bonds. The minimum absolute atomic E-state index is 0.470. The number of nitrogens with zero attached hydrogens (tertiary/aromatic N) is 3. The van der Waals surface area contributed by atoms with Gasteiger partial charge in [-0.15, -0.1) is 0 Å². The summed E-state index contributed by atoms with van der Waals surface area (Å²) in [5.41, 5.74) is 2.38. The fourth-order valence-corrected chi connectivity index (χ4v) is 2.71. The Hall–Kier alpha value is -1.94. The van der Waals surface area contributed by atoms with Crippen molar-refractivity contribution in [3.8, 4) is 0 Å². The molecule has 1 fully saturated rings. The second kappa shape index (κ2) is 6.01. The Morgan fingerprint density at radius 1 is 1.25 bits per heavy atom. The van der Waals surface area contributed by atoms with Crippen molar-refractivity contribution in [2.45, 2.75) is 25.4 Å². The molecular formula is C16H20N4. The first-order chi connectivity index (χ1) is 9.83. The third kappa shape index (κ3) is 2.96. The van der Waals surface area contributed by atoms with Crippen LogP contribution in [0.15, 0.2) is 42.7 Å². The molecule has 20 heavy (non-hydrogen) atoms. The maximum atomic E-state index is 4.75. The van der Waals surface area contributed by atoms with E-state index in [1.807, 2.05) is 30.6 Å². The van der Waals surface area contributed by atoms with Crippen LogP contribution in [-0.4, -0.2) is 28.5 Å². The van der Waals surface area contributed by atoms with Crippen LogP contribution in [0.3, 0.4) is 0 Å². The van der Waals surface area contributed by atoms with E-state index in [9.17, 15) is 0 Å². The molecule has 3 rings (SSSR count). The standard InChI is InChI=1S/C16H20N4/c1-20-11-3-5-15(20)14-4-2-6-16(19-14)18-12-13-7-9-17-10-8-13/h2,4,6-10,15H,3,5,11-12H2,1H3,(H,18,19)/t15-/m0/s1. The lowest BCUT2D eigenvalue weighted by atomic mass is 10.1. The largest absolute Gasteiger partial charge is 0.366 e. The molecule has 0 spiro atoms. The van der Waals surface area contributed by atoms with E-state index in [0.29, 0.717) is 6.04 Å². The summed E-state index contributed by atoms with van der Waals surface area (Å²) in [6.45, 7) is 1.94. The van der Waals surface area contributed by atoms with Gasteiger partial charge in [-0.3, -0.25) is 9.88 Å². The third-order valence-corrected chi connectivity index (χ3v) is 3.86. The van der Waals surface area contributed by atoms with Crippen molar-refractivity contribution in [1.29, 1.82) is 0 Å². The Morgan fingerprint density at radius 2 is 2.10 bits per heavy atom. The molecule has 104 valence electrons. The molecule has 3 heterocycles. The van der Waals surface area contributed by atoms with E-state index < -0.39 is 0 Å². The Morgan fingerprint density at radius 3 is 2.85 bits per heavy atom. The van der Waals surface area contributed by atoms with Crippen molar-refractivity contribution in [2.24, 2.45) is 0 Å². The van der Waals surface area contributed by atoms with Crippen LogP contribution in [0.4, 0.5) is 5.82 Å². The summed E-state index contributed by atoms with van der Waals surface area (Å²) in [6, 6.07) is 10.7. The smallest absolute Gasteiger partial charge is 0.126 e. The van der Waals surface area contributed by atoms with E-state index >= 15 is 0 Å². The average molecular weight is 268 g/mol. The number of rotatable bonds is 4. The lowest BCUT2D eigenvalue weighted by molar-refractivity contribution is 0.312. The van der Waals surface area contributed by atoms with Gasteiger partial charge in [0.1, 0.15) is 5.82 Å². The zero-order chi connectivity index (χ0) is 13.8. The van der Waals surface area contributed by atoms with Gasteiger partial charge < -0.3 is 5.32 Å². The molecule has 2 aromatic heterocycles. The lowest BCUT2D eigenvalue weighted by Gasteiger charge is -2.19. The summed E-state index contributed by atoms with van der Waals surface area (Å²) in [5, 5.41) is 3.38. The van der Waals surface area contributed by atoms with Crippen LogP contribution in [0, 0.1) is 0 Å². The van der Waals surface area contributed by atoms with Gasteiger partial charge in [-0.05, 0) is 56.3 Å².